The molecule has 0 saturated heterocycles. The largest absolute Gasteiger partial charge is 0.495 e. The summed E-state index contributed by atoms with van der Waals surface area (Å²) in [7, 11) is 3.16. The maximum absolute atomic E-state index is 12.8. The Morgan fingerprint density at radius 2 is 1.41 bits per heavy atom. The zero-order valence-electron chi connectivity index (χ0n) is 17.2. The van der Waals surface area contributed by atoms with Gasteiger partial charge in [0.25, 0.3) is 5.91 Å². The van der Waals surface area contributed by atoms with Crippen LogP contribution in [-0.2, 0) is 0 Å². The molecule has 7 nitrogen and oxygen atoms in total. The van der Waals surface area contributed by atoms with Crippen LogP contribution in [0.15, 0.2) is 42.5 Å². The number of carbonyl (C=O) groups is 1. The number of nitrogens with one attached hydrogen (secondary N) is 2. The van der Waals surface area contributed by atoms with Gasteiger partial charge in [0, 0.05) is 5.69 Å². The first-order chi connectivity index (χ1) is 13.9. The highest BCUT2D eigenvalue weighted by Crippen LogP contribution is 2.28. The fraction of sp³-hybridized carbons (Fsp3) is 0.227. The molecule has 0 unspecified atom stereocenters. The van der Waals surface area contributed by atoms with Crippen LogP contribution in [0.4, 0.5) is 17.3 Å². The van der Waals surface area contributed by atoms with Gasteiger partial charge in [0.05, 0.1) is 25.6 Å². The van der Waals surface area contributed by atoms with Gasteiger partial charge in [-0.2, -0.15) is 0 Å². The van der Waals surface area contributed by atoms with E-state index in [0.717, 1.165) is 16.8 Å². The highest BCUT2D eigenvalue weighted by atomic mass is 16.5. The van der Waals surface area contributed by atoms with Crippen molar-refractivity contribution < 1.29 is 14.3 Å². The van der Waals surface area contributed by atoms with Crippen LogP contribution in [0.5, 0.6) is 11.5 Å². The Bertz CT molecular complexity index is 1050. The molecule has 150 valence electrons. The van der Waals surface area contributed by atoms with E-state index < -0.39 is 0 Å². The van der Waals surface area contributed by atoms with Crippen molar-refractivity contribution in [3.05, 3.63) is 65.0 Å². The normalized spacial score (nSPS) is 10.4. The van der Waals surface area contributed by atoms with Gasteiger partial charge in [-0.15, -0.1) is 0 Å². The van der Waals surface area contributed by atoms with Crippen molar-refractivity contribution in [2.45, 2.75) is 20.8 Å². The van der Waals surface area contributed by atoms with Crippen LogP contribution in [0.2, 0.25) is 0 Å². The van der Waals surface area contributed by atoms with Gasteiger partial charge in [-0.25, -0.2) is 9.97 Å². The number of amides is 1. The van der Waals surface area contributed by atoms with Crippen molar-refractivity contribution in [3.8, 4) is 11.5 Å². The first-order valence-corrected chi connectivity index (χ1v) is 9.13. The van der Waals surface area contributed by atoms with Gasteiger partial charge >= 0.3 is 0 Å². The lowest BCUT2D eigenvalue weighted by molar-refractivity contribution is 0.102. The molecule has 0 fully saturated rings. The summed E-state index contributed by atoms with van der Waals surface area (Å²) in [5.74, 6) is 1.21. The van der Waals surface area contributed by atoms with Gasteiger partial charge in [0.1, 0.15) is 17.2 Å². The Labute approximate surface area is 170 Å². The summed E-state index contributed by atoms with van der Waals surface area (Å²) < 4.78 is 10.7. The molecular formula is C22H24N4O3. The van der Waals surface area contributed by atoms with E-state index in [9.17, 15) is 4.79 Å². The molecule has 0 saturated carbocycles. The molecule has 1 amide bonds. The summed E-state index contributed by atoms with van der Waals surface area (Å²) in [4.78, 5) is 21.6. The minimum atomic E-state index is -0.348. The predicted molar refractivity (Wildman–Crippen MR) is 113 cm³/mol. The van der Waals surface area contributed by atoms with E-state index in [1.165, 1.54) is 0 Å². The number of hydrogen-bond acceptors (Lipinski definition) is 6. The molecule has 29 heavy (non-hydrogen) atoms. The van der Waals surface area contributed by atoms with Crippen molar-refractivity contribution in [1.29, 1.82) is 0 Å². The summed E-state index contributed by atoms with van der Waals surface area (Å²) in [5, 5.41) is 6.01. The van der Waals surface area contributed by atoms with Gasteiger partial charge in [-0.05, 0) is 62.2 Å². The van der Waals surface area contributed by atoms with Crippen LogP contribution < -0.4 is 20.1 Å². The number of ether oxygens (including phenoxy) is 2. The Kier molecular flexibility index (Phi) is 5.97. The fourth-order valence-electron chi connectivity index (χ4n) is 2.89. The average molecular weight is 392 g/mol. The smallest absolute Gasteiger partial charge is 0.274 e. The van der Waals surface area contributed by atoms with Crippen molar-refractivity contribution in [1.82, 2.24) is 9.97 Å². The Morgan fingerprint density at radius 3 is 2.03 bits per heavy atom. The zero-order chi connectivity index (χ0) is 21.0. The number of benzene rings is 2. The third kappa shape index (κ3) is 4.82. The van der Waals surface area contributed by atoms with Crippen LogP contribution >= 0.6 is 0 Å². The summed E-state index contributed by atoms with van der Waals surface area (Å²) in [6, 6.07) is 13.0. The standard InChI is InChI=1S/C22H24N4O3/c1-13-6-8-19(28-4)16(10-13)24-21(27)18-12-15(3)23-22(26-18)25-17-11-14(2)7-9-20(17)29-5/h6-12H,1-5H3,(H,24,27)(H,23,25,26). The third-order valence-electron chi connectivity index (χ3n) is 4.29. The fourth-order valence-corrected chi connectivity index (χ4v) is 2.89. The quantitative estimate of drug-likeness (QED) is 0.646. The molecule has 1 aromatic heterocycles. The monoisotopic (exact) mass is 392 g/mol. The topological polar surface area (TPSA) is 85.4 Å². The van der Waals surface area contributed by atoms with E-state index in [-0.39, 0.29) is 11.6 Å². The number of aromatic nitrogens is 2. The van der Waals surface area contributed by atoms with E-state index >= 15 is 0 Å². The number of hydrogen-bond donors (Lipinski definition) is 2. The molecule has 3 rings (SSSR count). The molecule has 2 N–H and O–H groups in total. The highest BCUT2D eigenvalue weighted by molar-refractivity contribution is 6.04. The maximum Gasteiger partial charge on any atom is 0.274 e. The molecule has 0 bridgehead atoms. The van der Waals surface area contributed by atoms with Crippen LogP contribution in [0.3, 0.4) is 0 Å². The van der Waals surface area contributed by atoms with E-state index in [2.05, 4.69) is 20.6 Å². The first-order valence-electron chi connectivity index (χ1n) is 9.13. The number of anilines is 3. The lowest BCUT2D eigenvalue weighted by Gasteiger charge is -2.13. The van der Waals surface area contributed by atoms with Gasteiger partial charge in [0.15, 0.2) is 0 Å². The molecule has 0 spiro atoms. The Balaban J connectivity index is 1.89. The summed E-state index contributed by atoms with van der Waals surface area (Å²) in [5.41, 5.74) is 4.29. The van der Waals surface area contributed by atoms with E-state index in [1.807, 2.05) is 57.2 Å². The predicted octanol–water partition coefficient (Wildman–Crippen LogP) is 4.41. The second kappa shape index (κ2) is 8.60. The number of methoxy groups -OCH3 is 2. The molecule has 3 aromatic rings. The van der Waals surface area contributed by atoms with E-state index in [0.29, 0.717) is 28.8 Å². The van der Waals surface area contributed by atoms with Crippen LogP contribution in [0.1, 0.15) is 27.3 Å². The molecule has 0 aliphatic rings. The molecule has 2 aromatic carbocycles. The second-order valence-corrected chi connectivity index (χ2v) is 6.70. The van der Waals surface area contributed by atoms with Crippen LogP contribution in [-0.4, -0.2) is 30.1 Å². The SMILES string of the molecule is COc1ccc(C)cc1NC(=O)c1cc(C)nc(Nc2cc(C)ccc2OC)n1. The summed E-state index contributed by atoms with van der Waals surface area (Å²) in [6.45, 7) is 5.74. The molecule has 0 aliphatic heterocycles. The molecular weight excluding hydrogens is 368 g/mol. The molecule has 0 aliphatic carbocycles. The van der Waals surface area contributed by atoms with E-state index in [1.54, 1.807) is 20.3 Å². The summed E-state index contributed by atoms with van der Waals surface area (Å²) in [6.07, 6.45) is 0. The molecule has 0 atom stereocenters. The average Bonchev–Trinajstić information content (AvgIpc) is 2.68. The van der Waals surface area contributed by atoms with Gasteiger partial charge in [-0.3, -0.25) is 4.79 Å². The van der Waals surface area contributed by atoms with Crippen molar-refractivity contribution >= 4 is 23.2 Å². The van der Waals surface area contributed by atoms with E-state index in [4.69, 9.17) is 9.47 Å². The van der Waals surface area contributed by atoms with Crippen molar-refractivity contribution in [3.63, 3.8) is 0 Å². The van der Waals surface area contributed by atoms with Crippen LogP contribution in [0.25, 0.3) is 0 Å². The third-order valence-corrected chi connectivity index (χ3v) is 4.29. The Hall–Kier alpha value is -3.61. The maximum atomic E-state index is 12.8. The van der Waals surface area contributed by atoms with Crippen LogP contribution in [0, 0.1) is 20.8 Å². The number of carbonyl (C=O) groups excluding carboxylic acids is 1. The van der Waals surface area contributed by atoms with Crippen molar-refractivity contribution in [2.75, 3.05) is 24.9 Å². The van der Waals surface area contributed by atoms with Gasteiger partial charge in [0.2, 0.25) is 5.95 Å². The number of aryl methyl sites for hydroxylation is 3. The minimum Gasteiger partial charge on any atom is -0.495 e. The Morgan fingerprint density at radius 1 is 0.828 bits per heavy atom. The molecule has 0 radical (unpaired) electrons. The highest BCUT2D eigenvalue weighted by Gasteiger charge is 2.14. The van der Waals surface area contributed by atoms with Gasteiger partial charge in [-0.1, -0.05) is 12.1 Å². The molecule has 1 heterocycles. The minimum absolute atomic E-state index is 0.246. The van der Waals surface area contributed by atoms with Gasteiger partial charge < -0.3 is 20.1 Å². The zero-order valence-corrected chi connectivity index (χ0v) is 17.2. The first kappa shape index (κ1) is 20.1. The lowest BCUT2D eigenvalue weighted by Crippen LogP contribution is -2.16. The second-order valence-electron chi connectivity index (χ2n) is 6.70. The van der Waals surface area contributed by atoms with Crippen molar-refractivity contribution in [2.24, 2.45) is 0 Å². The summed E-state index contributed by atoms with van der Waals surface area (Å²) >= 11 is 0. The number of rotatable bonds is 6. The number of nitrogens with zero attached hydrogens (tertiary/aromatic N) is 2. The lowest BCUT2D eigenvalue weighted by atomic mass is 10.2. The molecule has 7 heteroatoms.